The van der Waals surface area contributed by atoms with Crippen molar-refractivity contribution in [3.05, 3.63) is 0 Å². The number of aliphatic hydroxyl groups is 1. The molecule has 3 N–H and O–H groups in total. The Morgan fingerprint density at radius 2 is 2.37 bits per heavy atom. The van der Waals surface area contributed by atoms with Gasteiger partial charge < -0.3 is 20.5 Å². The van der Waals surface area contributed by atoms with E-state index in [0.717, 1.165) is 50.1 Å². The lowest BCUT2D eigenvalue weighted by molar-refractivity contribution is 0.0724. The Morgan fingerprint density at radius 1 is 1.53 bits per heavy atom. The number of ether oxygens (including phenoxy) is 1. The fraction of sp³-hybridized carbons (Fsp3) is 0.917. The van der Waals surface area contributed by atoms with Gasteiger partial charge in [-0.15, -0.1) is 24.0 Å². The van der Waals surface area contributed by atoms with E-state index >= 15 is 0 Å². The highest BCUT2D eigenvalue weighted by Gasteiger charge is 2.31. The molecule has 0 aromatic carbocycles. The van der Waals surface area contributed by atoms with Crippen LogP contribution in [0.25, 0.3) is 0 Å². The van der Waals surface area contributed by atoms with E-state index in [9.17, 15) is 5.11 Å². The Labute approximate surface area is 136 Å². The molecule has 2 rings (SSSR count). The van der Waals surface area contributed by atoms with Gasteiger partial charge in [0.05, 0.1) is 12.2 Å². The zero-order chi connectivity index (χ0) is 12.8. The maximum Gasteiger partial charge on any atom is 0.191 e. The molecule has 5 nitrogen and oxygen atoms in total. The van der Waals surface area contributed by atoms with Gasteiger partial charge in [-0.3, -0.25) is 4.99 Å². The lowest BCUT2D eigenvalue weighted by Gasteiger charge is -2.23. The fourth-order valence-corrected chi connectivity index (χ4v) is 3.49. The molecule has 0 aromatic heterocycles. The molecule has 0 aromatic rings. The highest BCUT2D eigenvalue weighted by Crippen LogP contribution is 2.26. The van der Waals surface area contributed by atoms with Crippen LogP contribution in [0, 0.1) is 5.92 Å². The SMILES string of the molecule is CN=C(NCC1CCOC1)NCC1(O)CCSC1.I. The van der Waals surface area contributed by atoms with E-state index in [-0.39, 0.29) is 24.0 Å². The number of thioether (sulfide) groups is 1. The second-order valence-electron chi connectivity index (χ2n) is 5.06. The van der Waals surface area contributed by atoms with Crippen LogP contribution in [-0.4, -0.2) is 61.5 Å². The second-order valence-corrected chi connectivity index (χ2v) is 6.17. The molecule has 2 aliphatic heterocycles. The van der Waals surface area contributed by atoms with Crippen molar-refractivity contribution in [2.75, 3.05) is 44.9 Å². The van der Waals surface area contributed by atoms with Gasteiger partial charge in [0.1, 0.15) is 0 Å². The molecule has 0 spiro atoms. The van der Waals surface area contributed by atoms with Crippen LogP contribution in [0.5, 0.6) is 0 Å². The first-order valence-electron chi connectivity index (χ1n) is 6.54. The summed E-state index contributed by atoms with van der Waals surface area (Å²) in [5, 5.41) is 16.7. The summed E-state index contributed by atoms with van der Waals surface area (Å²) >= 11 is 1.81. The molecule has 2 atom stereocenters. The predicted octanol–water partition coefficient (Wildman–Crippen LogP) is 0.674. The highest BCUT2D eigenvalue weighted by molar-refractivity contribution is 14.0. The normalized spacial score (nSPS) is 31.1. The summed E-state index contributed by atoms with van der Waals surface area (Å²) in [6, 6.07) is 0. The van der Waals surface area contributed by atoms with E-state index in [2.05, 4.69) is 15.6 Å². The molecule has 2 saturated heterocycles. The monoisotopic (exact) mass is 401 g/mol. The molecule has 2 unspecified atom stereocenters. The van der Waals surface area contributed by atoms with Crippen LogP contribution < -0.4 is 10.6 Å². The Balaban J connectivity index is 0.00000180. The predicted molar refractivity (Wildman–Crippen MR) is 90.6 cm³/mol. The third-order valence-electron chi connectivity index (χ3n) is 3.47. The highest BCUT2D eigenvalue weighted by atomic mass is 127. The average Bonchev–Trinajstić information content (AvgIpc) is 3.01. The summed E-state index contributed by atoms with van der Waals surface area (Å²) < 4.78 is 5.34. The molecule has 112 valence electrons. The van der Waals surface area contributed by atoms with Gasteiger partial charge >= 0.3 is 0 Å². The van der Waals surface area contributed by atoms with Crippen molar-refractivity contribution in [3.8, 4) is 0 Å². The number of hydrogen-bond donors (Lipinski definition) is 3. The van der Waals surface area contributed by atoms with Crippen LogP contribution in [0.2, 0.25) is 0 Å². The minimum Gasteiger partial charge on any atom is -0.387 e. The van der Waals surface area contributed by atoms with E-state index in [1.165, 1.54) is 0 Å². The Bertz CT molecular complexity index is 293. The lowest BCUT2D eigenvalue weighted by atomic mass is 10.0. The van der Waals surface area contributed by atoms with E-state index in [0.29, 0.717) is 12.5 Å². The van der Waals surface area contributed by atoms with Crippen LogP contribution in [-0.2, 0) is 4.74 Å². The minimum atomic E-state index is -0.571. The smallest absolute Gasteiger partial charge is 0.191 e. The van der Waals surface area contributed by atoms with Crippen molar-refractivity contribution in [2.24, 2.45) is 10.9 Å². The molecule has 2 fully saturated rings. The largest absolute Gasteiger partial charge is 0.387 e. The topological polar surface area (TPSA) is 65.9 Å². The number of rotatable bonds is 4. The van der Waals surface area contributed by atoms with Crippen molar-refractivity contribution in [1.29, 1.82) is 0 Å². The number of halogens is 1. The zero-order valence-corrected chi connectivity index (χ0v) is 14.5. The van der Waals surface area contributed by atoms with Gasteiger partial charge in [0.15, 0.2) is 5.96 Å². The Kier molecular flexibility index (Phi) is 7.78. The van der Waals surface area contributed by atoms with Gasteiger partial charge in [0, 0.05) is 38.4 Å². The fourth-order valence-electron chi connectivity index (χ4n) is 2.19. The van der Waals surface area contributed by atoms with Crippen LogP contribution >= 0.6 is 35.7 Å². The van der Waals surface area contributed by atoms with E-state index in [1.807, 2.05) is 11.8 Å². The maximum atomic E-state index is 10.2. The number of nitrogens with one attached hydrogen (secondary N) is 2. The number of nitrogens with zero attached hydrogens (tertiary/aromatic N) is 1. The van der Waals surface area contributed by atoms with Crippen molar-refractivity contribution in [1.82, 2.24) is 10.6 Å². The summed E-state index contributed by atoms with van der Waals surface area (Å²) in [6.07, 6.45) is 1.97. The van der Waals surface area contributed by atoms with Crippen LogP contribution in [0.1, 0.15) is 12.8 Å². The van der Waals surface area contributed by atoms with Gasteiger partial charge in [-0.05, 0) is 18.6 Å². The van der Waals surface area contributed by atoms with Crippen LogP contribution in [0.4, 0.5) is 0 Å². The summed E-state index contributed by atoms with van der Waals surface area (Å²) in [4.78, 5) is 4.18. The van der Waals surface area contributed by atoms with Gasteiger partial charge in [-0.2, -0.15) is 11.8 Å². The number of guanidine groups is 1. The molecule has 0 amide bonds. The maximum absolute atomic E-state index is 10.2. The molecule has 7 heteroatoms. The third kappa shape index (κ3) is 5.65. The summed E-state index contributed by atoms with van der Waals surface area (Å²) in [7, 11) is 1.76. The molecule has 0 saturated carbocycles. The first-order chi connectivity index (χ1) is 8.72. The first-order valence-corrected chi connectivity index (χ1v) is 7.70. The van der Waals surface area contributed by atoms with E-state index < -0.39 is 5.60 Å². The van der Waals surface area contributed by atoms with Crippen LogP contribution in [0.15, 0.2) is 4.99 Å². The van der Waals surface area contributed by atoms with Crippen molar-refractivity contribution >= 4 is 41.7 Å². The summed E-state index contributed by atoms with van der Waals surface area (Å²) in [5.74, 6) is 3.21. The molecular formula is C12H24IN3O2S. The van der Waals surface area contributed by atoms with Gasteiger partial charge in [-0.1, -0.05) is 0 Å². The van der Waals surface area contributed by atoms with E-state index in [4.69, 9.17) is 4.74 Å². The quantitative estimate of drug-likeness (QED) is 0.367. The zero-order valence-electron chi connectivity index (χ0n) is 11.4. The van der Waals surface area contributed by atoms with Crippen LogP contribution in [0.3, 0.4) is 0 Å². The molecule has 0 aliphatic carbocycles. The van der Waals surface area contributed by atoms with Gasteiger partial charge in [0.2, 0.25) is 0 Å². The standard InChI is InChI=1S/C12H23N3O2S.HI/c1-13-11(14-6-10-2-4-17-7-10)15-8-12(16)3-5-18-9-12;/h10,16H,2-9H2,1H3,(H2,13,14,15);1H. The Hall–Kier alpha value is 0.270. The van der Waals surface area contributed by atoms with Crippen molar-refractivity contribution < 1.29 is 9.84 Å². The van der Waals surface area contributed by atoms with Gasteiger partial charge in [-0.25, -0.2) is 0 Å². The van der Waals surface area contributed by atoms with Crippen molar-refractivity contribution in [2.45, 2.75) is 18.4 Å². The van der Waals surface area contributed by atoms with E-state index in [1.54, 1.807) is 7.05 Å². The van der Waals surface area contributed by atoms with Crippen molar-refractivity contribution in [3.63, 3.8) is 0 Å². The first kappa shape index (κ1) is 17.3. The van der Waals surface area contributed by atoms with Gasteiger partial charge in [0.25, 0.3) is 0 Å². The molecule has 19 heavy (non-hydrogen) atoms. The third-order valence-corrected chi connectivity index (χ3v) is 4.71. The molecule has 0 radical (unpaired) electrons. The molecule has 0 bridgehead atoms. The Morgan fingerprint density at radius 3 is 2.95 bits per heavy atom. The number of hydrogen-bond acceptors (Lipinski definition) is 4. The number of aliphatic imine (C=N–C) groups is 1. The summed E-state index contributed by atoms with van der Waals surface area (Å²) in [5.41, 5.74) is -0.571. The average molecular weight is 401 g/mol. The molecular weight excluding hydrogens is 377 g/mol. The second kappa shape index (κ2) is 8.53. The minimum absolute atomic E-state index is 0. The molecule has 2 heterocycles. The lowest BCUT2D eigenvalue weighted by Crippen LogP contribution is -2.48. The molecule has 2 aliphatic rings. The summed E-state index contributed by atoms with van der Waals surface area (Å²) in [6.45, 7) is 3.16.